The zero-order valence-electron chi connectivity index (χ0n) is 20.1. The molecular weight excluding hydrogens is 508 g/mol. The number of alkyl halides is 4. The van der Waals surface area contributed by atoms with Crippen LogP contribution in [0.2, 0.25) is 5.15 Å². The fraction of sp³-hybridized carbons (Fsp3) is 0.346. The summed E-state index contributed by atoms with van der Waals surface area (Å²) in [4.78, 5) is 15.1. The Morgan fingerprint density at radius 2 is 1.89 bits per heavy atom. The van der Waals surface area contributed by atoms with Crippen LogP contribution in [0.3, 0.4) is 0 Å². The quantitative estimate of drug-likeness (QED) is 0.210. The van der Waals surface area contributed by atoms with Crippen LogP contribution in [0, 0.1) is 0 Å². The highest BCUT2D eigenvalue weighted by Crippen LogP contribution is 2.36. The number of rotatable bonds is 6. The van der Waals surface area contributed by atoms with Gasteiger partial charge >= 0.3 is 6.18 Å². The molecule has 1 unspecified atom stereocenters. The minimum Gasteiger partial charge on any atom is -0.377 e. The Morgan fingerprint density at radius 1 is 1.14 bits per heavy atom. The second-order valence-corrected chi connectivity index (χ2v) is 9.52. The Balaban J connectivity index is 1.73. The number of anilines is 2. The fourth-order valence-corrected chi connectivity index (χ4v) is 4.94. The molecule has 1 N–H and O–H groups in total. The summed E-state index contributed by atoms with van der Waals surface area (Å²) < 4.78 is 56.4. The summed E-state index contributed by atoms with van der Waals surface area (Å²) in [5.41, 5.74) is 1.70. The Hall–Kier alpha value is -3.40. The van der Waals surface area contributed by atoms with Gasteiger partial charge in [-0.2, -0.15) is 13.2 Å². The summed E-state index contributed by atoms with van der Waals surface area (Å²) in [6, 6.07) is 6.21. The molecule has 5 rings (SSSR count). The number of nitrogens with zero attached hydrogens (tertiary/aromatic N) is 5. The van der Waals surface area contributed by atoms with E-state index in [1.165, 1.54) is 10.5 Å². The maximum Gasteiger partial charge on any atom is 0.434 e. The van der Waals surface area contributed by atoms with E-state index in [4.69, 9.17) is 16.6 Å². The van der Waals surface area contributed by atoms with E-state index >= 15 is 0 Å². The Kier molecular flexibility index (Phi) is 6.70. The average molecular weight is 533 g/mol. The SMILES string of the molecule is C=Cc1nc(Cl)ccc1NC(C)c1cc(CF)cc2c1nc(N1CCCCC1)n1cc(C(F)(F)F)nc21. The van der Waals surface area contributed by atoms with E-state index in [2.05, 4.69) is 21.9 Å². The Morgan fingerprint density at radius 3 is 2.57 bits per heavy atom. The van der Waals surface area contributed by atoms with Gasteiger partial charge in [-0.3, -0.25) is 4.40 Å². The molecular formula is C26H25ClF4N6. The van der Waals surface area contributed by atoms with Crippen molar-refractivity contribution in [3.05, 3.63) is 64.7 Å². The predicted octanol–water partition coefficient (Wildman–Crippen LogP) is 7.23. The standard InChI is InChI=1S/C26H25ClF4N6/c1-3-19-20(7-8-22(27)33-19)32-15(2)17-11-16(13-28)12-18-23(17)35-25(36-9-5-4-6-10-36)37-14-21(26(29,30)31)34-24(18)37/h3,7-8,11-12,14-15,32H,1,4-6,9-10,13H2,2H3. The Bertz CT molecular complexity index is 1480. The number of imidazole rings is 1. The lowest BCUT2D eigenvalue weighted by molar-refractivity contribution is -0.140. The van der Waals surface area contributed by atoms with Crippen molar-refractivity contribution in [1.82, 2.24) is 19.4 Å². The highest BCUT2D eigenvalue weighted by Gasteiger charge is 2.35. The summed E-state index contributed by atoms with van der Waals surface area (Å²) >= 11 is 6.02. The van der Waals surface area contributed by atoms with Crippen molar-refractivity contribution in [3.8, 4) is 0 Å². The van der Waals surface area contributed by atoms with E-state index in [-0.39, 0.29) is 5.65 Å². The summed E-state index contributed by atoms with van der Waals surface area (Å²) in [5, 5.41) is 4.02. The van der Waals surface area contributed by atoms with Crippen molar-refractivity contribution in [3.63, 3.8) is 0 Å². The first-order chi connectivity index (χ1) is 17.7. The molecule has 194 valence electrons. The number of hydrogen-bond acceptors (Lipinski definition) is 5. The molecule has 1 saturated heterocycles. The lowest BCUT2D eigenvalue weighted by atomic mass is 10.0. The van der Waals surface area contributed by atoms with Gasteiger partial charge in [0.05, 0.1) is 22.9 Å². The van der Waals surface area contributed by atoms with Crippen LogP contribution in [0.4, 0.5) is 29.2 Å². The zero-order valence-corrected chi connectivity index (χ0v) is 20.9. The van der Waals surface area contributed by atoms with E-state index in [1.807, 2.05) is 11.8 Å². The molecule has 1 aliphatic heterocycles. The van der Waals surface area contributed by atoms with Gasteiger partial charge in [-0.25, -0.2) is 19.3 Å². The third-order valence-corrected chi connectivity index (χ3v) is 6.79. The molecule has 1 aromatic carbocycles. The van der Waals surface area contributed by atoms with Crippen molar-refractivity contribution in [1.29, 1.82) is 0 Å². The van der Waals surface area contributed by atoms with Gasteiger partial charge in [0.15, 0.2) is 5.69 Å². The fourth-order valence-electron chi connectivity index (χ4n) is 4.79. The molecule has 0 aliphatic carbocycles. The van der Waals surface area contributed by atoms with Crippen LogP contribution in [0.25, 0.3) is 22.6 Å². The summed E-state index contributed by atoms with van der Waals surface area (Å²) in [5.74, 6) is 0.395. The highest BCUT2D eigenvalue weighted by atomic mass is 35.5. The molecule has 37 heavy (non-hydrogen) atoms. The topological polar surface area (TPSA) is 58.4 Å². The van der Waals surface area contributed by atoms with Crippen molar-refractivity contribution in [2.75, 3.05) is 23.3 Å². The molecule has 11 heteroatoms. The normalized spacial score (nSPS) is 15.4. The molecule has 0 bridgehead atoms. The summed E-state index contributed by atoms with van der Waals surface area (Å²) in [6.45, 7) is 6.22. The molecule has 1 aliphatic rings. The zero-order chi connectivity index (χ0) is 26.3. The van der Waals surface area contributed by atoms with E-state index in [0.29, 0.717) is 57.6 Å². The minimum absolute atomic E-state index is 0.0987. The molecule has 0 amide bonds. The van der Waals surface area contributed by atoms with E-state index in [9.17, 15) is 17.6 Å². The van der Waals surface area contributed by atoms with Gasteiger partial charge in [0.2, 0.25) is 5.95 Å². The van der Waals surface area contributed by atoms with Gasteiger partial charge in [0, 0.05) is 30.2 Å². The second-order valence-electron chi connectivity index (χ2n) is 9.13. The number of piperidine rings is 1. The second kappa shape index (κ2) is 9.81. The largest absolute Gasteiger partial charge is 0.434 e. The summed E-state index contributed by atoms with van der Waals surface area (Å²) in [6.07, 6.45) is 0.803. The number of benzene rings is 1. The smallest absolute Gasteiger partial charge is 0.377 e. The molecule has 0 radical (unpaired) electrons. The van der Waals surface area contributed by atoms with Crippen molar-refractivity contribution in [2.24, 2.45) is 0 Å². The lowest BCUT2D eigenvalue weighted by Crippen LogP contribution is -2.32. The van der Waals surface area contributed by atoms with Gasteiger partial charge in [-0.1, -0.05) is 18.2 Å². The van der Waals surface area contributed by atoms with Gasteiger partial charge in [0.25, 0.3) is 0 Å². The molecule has 1 fully saturated rings. The lowest BCUT2D eigenvalue weighted by Gasteiger charge is -2.29. The van der Waals surface area contributed by atoms with Crippen molar-refractivity contribution < 1.29 is 17.6 Å². The third kappa shape index (κ3) is 4.82. The molecule has 4 heterocycles. The number of hydrogen-bond donors (Lipinski definition) is 1. The van der Waals surface area contributed by atoms with E-state index in [1.54, 1.807) is 24.3 Å². The summed E-state index contributed by atoms with van der Waals surface area (Å²) in [7, 11) is 0. The number of aromatic nitrogens is 4. The van der Waals surface area contributed by atoms with Crippen LogP contribution in [-0.4, -0.2) is 32.4 Å². The predicted molar refractivity (Wildman–Crippen MR) is 138 cm³/mol. The number of fused-ring (bicyclic) bond motifs is 3. The number of pyridine rings is 1. The first-order valence-corrected chi connectivity index (χ1v) is 12.4. The van der Waals surface area contributed by atoms with Gasteiger partial charge in [-0.15, -0.1) is 0 Å². The van der Waals surface area contributed by atoms with E-state index < -0.39 is 24.6 Å². The molecule has 3 aromatic heterocycles. The maximum atomic E-state index is 14.0. The van der Waals surface area contributed by atoms with Crippen LogP contribution in [0.1, 0.15) is 54.7 Å². The van der Waals surface area contributed by atoms with E-state index in [0.717, 1.165) is 25.5 Å². The van der Waals surface area contributed by atoms with Gasteiger partial charge in [-0.05, 0) is 62.1 Å². The number of halogens is 5. The number of nitrogens with one attached hydrogen (secondary N) is 1. The Labute approximate surface area is 216 Å². The van der Waals surface area contributed by atoms with Gasteiger partial charge < -0.3 is 10.2 Å². The average Bonchev–Trinajstić information content (AvgIpc) is 3.35. The van der Waals surface area contributed by atoms with Crippen LogP contribution in [0.15, 0.2) is 37.0 Å². The molecule has 0 saturated carbocycles. The first-order valence-electron chi connectivity index (χ1n) is 12.0. The molecule has 6 nitrogen and oxygen atoms in total. The van der Waals surface area contributed by atoms with Crippen LogP contribution in [0.5, 0.6) is 0 Å². The molecule has 1 atom stereocenters. The van der Waals surface area contributed by atoms with Crippen molar-refractivity contribution >= 4 is 45.9 Å². The third-order valence-electron chi connectivity index (χ3n) is 6.58. The molecule has 4 aromatic rings. The van der Waals surface area contributed by atoms with Crippen LogP contribution < -0.4 is 10.2 Å². The molecule has 0 spiro atoms. The van der Waals surface area contributed by atoms with Crippen molar-refractivity contribution in [2.45, 2.75) is 45.1 Å². The monoisotopic (exact) mass is 532 g/mol. The van der Waals surface area contributed by atoms with Crippen LogP contribution in [-0.2, 0) is 12.9 Å². The van der Waals surface area contributed by atoms with Gasteiger partial charge in [0.1, 0.15) is 17.5 Å². The highest BCUT2D eigenvalue weighted by molar-refractivity contribution is 6.29. The minimum atomic E-state index is -4.63. The van der Waals surface area contributed by atoms with Crippen LogP contribution >= 0.6 is 11.6 Å². The first kappa shape index (κ1) is 25.3. The maximum absolute atomic E-state index is 14.0.